The molecule has 1 N–H and O–H groups in total. The molecule has 2 amide bonds. The highest BCUT2D eigenvalue weighted by molar-refractivity contribution is 6.02. The predicted molar refractivity (Wildman–Crippen MR) is 67.1 cm³/mol. The summed E-state index contributed by atoms with van der Waals surface area (Å²) in [4.78, 5) is 26.1. The van der Waals surface area contributed by atoms with E-state index in [0.29, 0.717) is 0 Å². The molecule has 0 bridgehead atoms. The second-order valence-corrected chi connectivity index (χ2v) is 6.25. The Bertz CT molecular complexity index is 460. The fourth-order valence-electron chi connectivity index (χ4n) is 2.77. The number of nitrogens with one attached hydrogen (secondary N) is 1. The smallest absolute Gasteiger partial charge is 0.340 e. The molecule has 8 heteroatoms. The number of nitrogens with zero attached hydrogens (tertiary/aromatic N) is 1. The summed E-state index contributed by atoms with van der Waals surface area (Å²) in [7, 11) is 0. The van der Waals surface area contributed by atoms with E-state index < -0.39 is 24.0 Å². The standard InChI is InChI=1S/C13H19F3N2O3/c1-11(2)10(20)18(6-7-21-13(14,15)16)12(3,8-4-5-8)9(19)17-11/h8H,4-7H2,1-3H3,(H,17,19). The Morgan fingerprint density at radius 2 is 1.86 bits per heavy atom. The fraction of sp³-hybridized carbons (Fsp3) is 0.846. The minimum absolute atomic E-state index is 0.0107. The van der Waals surface area contributed by atoms with Crippen molar-refractivity contribution in [2.24, 2.45) is 5.92 Å². The first kappa shape index (κ1) is 16.1. The monoisotopic (exact) mass is 308 g/mol. The quantitative estimate of drug-likeness (QED) is 0.855. The number of rotatable bonds is 4. The molecule has 2 fully saturated rings. The summed E-state index contributed by atoms with van der Waals surface area (Å²) < 4.78 is 40.0. The molecule has 0 radical (unpaired) electrons. The summed E-state index contributed by atoms with van der Waals surface area (Å²) in [6, 6.07) is 0. The number of hydrogen-bond donors (Lipinski definition) is 1. The van der Waals surface area contributed by atoms with E-state index in [2.05, 4.69) is 10.1 Å². The lowest BCUT2D eigenvalue weighted by Gasteiger charge is -2.49. The molecule has 2 rings (SSSR count). The first-order valence-electron chi connectivity index (χ1n) is 6.84. The van der Waals surface area contributed by atoms with E-state index in [1.165, 1.54) is 18.7 Å². The average molecular weight is 308 g/mol. The molecule has 0 spiro atoms. The predicted octanol–water partition coefficient (Wildman–Crippen LogP) is 1.43. The summed E-state index contributed by atoms with van der Waals surface area (Å²) in [6.45, 7) is 3.75. The fourth-order valence-corrected chi connectivity index (χ4v) is 2.77. The number of piperazine rings is 1. The van der Waals surface area contributed by atoms with E-state index in [-0.39, 0.29) is 24.3 Å². The maximum Gasteiger partial charge on any atom is 0.522 e. The molecule has 1 unspecified atom stereocenters. The van der Waals surface area contributed by atoms with Gasteiger partial charge in [0, 0.05) is 6.54 Å². The van der Waals surface area contributed by atoms with Crippen LogP contribution in [0.5, 0.6) is 0 Å². The lowest BCUT2D eigenvalue weighted by atomic mass is 9.84. The van der Waals surface area contributed by atoms with Crippen molar-refractivity contribution in [1.82, 2.24) is 10.2 Å². The molecule has 1 aliphatic carbocycles. The number of carbonyl (C=O) groups excluding carboxylic acids is 2. The largest absolute Gasteiger partial charge is 0.522 e. The van der Waals surface area contributed by atoms with Gasteiger partial charge >= 0.3 is 6.36 Å². The van der Waals surface area contributed by atoms with Crippen LogP contribution in [0.4, 0.5) is 13.2 Å². The van der Waals surface area contributed by atoms with Crippen LogP contribution in [0, 0.1) is 5.92 Å². The third-order valence-electron chi connectivity index (χ3n) is 4.18. The normalized spacial score (nSPS) is 29.5. The van der Waals surface area contributed by atoms with Crippen molar-refractivity contribution >= 4 is 11.8 Å². The number of carbonyl (C=O) groups is 2. The summed E-state index contributed by atoms with van der Waals surface area (Å²) in [6.07, 6.45) is -3.17. The van der Waals surface area contributed by atoms with Crippen LogP contribution in [0.3, 0.4) is 0 Å². The van der Waals surface area contributed by atoms with Gasteiger partial charge in [-0.3, -0.25) is 14.3 Å². The highest BCUT2D eigenvalue weighted by Gasteiger charge is 2.58. The molecule has 21 heavy (non-hydrogen) atoms. The maximum absolute atomic E-state index is 12.5. The molecule has 0 aromatic rings. The van der Waals surface area contributed by atoms with Crippen LogP contribution in [0.25, 0.3) is 0 Å². The lowest BCUT2D eigenvalue weighted by molar-refractivity contribution is -0.325. The van der Waals surface area contributed by atoms with Crippen LogP contribution in [-0.2, 0) is 14.3 Å². The first-order valence-corrected chi connectivity index (χ1v) is 6.84. The Morgan fingerprint density at radius 1 is 1.29 bits per heavy atom. The van der Waals surface area contributed by atoms with Gasteiger partial charge in [-0.25, -0.2) is 0 Å². The van der Waals surface area contributed by atoms with Crippen LogP contribution < -0.4 is 5.32 Å². The molecule has 0 aromatic heterocycles. The molecule has 1 saturated carbocycles. The molecule has 1 aliphatic heterocycles. The van der Waals surface area contributed by atoms with Crippen LogP contribution >= 0.6 is 0 Å². The van der Waals surface area contributed by atoms with Crippen molar-refractivity contribution in [2.75, 3.05) is 13.2 Å². The third-order valence-corrected chi connectivity index (χ3v) is 4.18. The molecule has 2 aliphatic rings. The van der Waals surface area contributed by atoms with Gasteiger partial charge < -0.3 is 10.2 Å². The highest BCUT2D eigenvalue weighted by atomic mass is 19.4. The Kier molecular flexibility index (Phi) is 3.72. The molecule has 5 nitrogen and oxygen atoms in total. The molecule has 0 aromatic carbocycles. The van der Waals surface area contributed by atoms with E-state index >= 15 is 0 Å². The van der Waals surface area contributed by atoms with Crippen LogP contribution in [0.2, 0.25) is 0 Å². The maximum atomic E-state index is 12.5. The van der Waals surface area contributed by atoms with Crippen molar-refractivity contribution in [3.63, 3.8) is 0 Å². The summed E-state index contributed by atoms with van der Waals surface area (Å²) in [5, 5.41) is 2.66. The van der Waals surface area contributed by atoms with E-state index in [9.17, 15) is 22.8 Å². The van der Waals surface area contributed by atoms with Crippen LogP contribution in [0.1, 0.15) is 33.6 Å². The van der Waals surface area contributed by atoms with Gasteiger partial charge in [0.1, 0.15) is 11.1 Å². The third kappa shape index (κ3) is 3.00. The van der Waals surface area contributed by atoms with Crippen molar-refractivity contribution in [3.05, 3.63) is 0 Å². The topological polar surface area (TPSA) is 58.6 Å². The second kappa shape index (κ2) is 4.86. The van der Waals surface area contributed by atoms with E-state index in [0.717, 1.165) is 12.8 Å². The minimum atomic E-state index is -4.74. The second-order valence-electron chi connectivity index (χ2n) is 6.25. The molecule has 120 valence electrons. The average Bonchev–Trinajstić information content (AvgIpc) is 3.13. The van der Waals surface area contributed by atoms with Gasteiger partial charge in [-0.1, -0.05) is 0 Å². The molecule has 1 saturated heterocycles. The van der Waals surface area contributed by atoms with Gasteiger partial charge in [-0.15, -0.1) is 13.2 Å². The number of alkyl halides is 3. The van der Waals surface area contributed by atoms with Gasteiger partial charge in [-0.05, 0) is 39.5 Å². The van der Waals surface area contributed by atoms with Crippen molar-refractivity contribution in [2.45, 2.75) is 51.1 Å². The Morgan fingerprint density at radius 3 is 2.33 bits per heavy atom. The number of amides is 2. The van der Waals surface area contributed by atoms with Gasteiger partial charge in [0.05, 0.1) is 6.61 Å². The van der Waals surface area contributed by atoms with E-state index in [4.69, 9.17) is 0 Å². The molecule has 1 heterocycles. The van der Waals surface area contributed by atoms with Gasteiger partial charge in [-0.2, -0.15) is 0 Å². The lowest BCUT2D eigenvalue weighted by Crippen LogP contribution is -2.74. The zero-order chi connectivity index (χ0) is 16.1. The molecular formula is C13H19F3N2O3. The first-order chi connectivity index (χ1) is 9.48. The summed E-state index contributed by atoms with van der Waals surface area (Å²) >= 11 is 0. The van der Waals surface area contributed by atoms with Gasteiger partial charge in [0.25, 0.3) is 0 Å². The molecular weight excluding hydrogens is 289 g/mol. The zero-order valence-corrected chi connectivity index (χ0v) is 12.2. The highest BCUT2D eigenvalue weighted by Crippen LogP contribution is 2.45. The number of hydrogen-bond acceptors (Lipinski definition) is 3. The van der Waals surface area contributed by atoms with Crippen molar-refractivity contribution in [1.29, 1.82) is 0 Å². The number of ether oxygens (including phenoxy) is 1. The summed E-state index contributed by atoms with van der Waals surface area (Å²) in [5.74, 6) is -0.715. The SMILES string of the molecule is CC1(C)NC(=O)C(C)(C2CC2)N(CCOC(F)(F)F)C1=O. The minimum Gasteiger partial charge on any atom is -0.340 e. The number of halogens is 3. The van der Waals surface area contributed by atoms with Crippen molar-refractivity contribution < 1.29 is 27.5 Å². The molecule has 1 atom stereocenters. The summed E-state index contributed by atoms with van der Waals surface area (Å²) in [5.41, 5.74) is -2.22. The zero-order valence-electron chi connectivity index (χ0n) is 12.2. The van der Waals surface area contributed by atoms with E-state index in [1.807, 2.05) is 0 Å². The van der Waals surface area contributed by atoms with Crippen LogP contribution in [-0.4, -0.2) is 47.3 Å². The van der Waals surface area contributed by atoms with Crippen LogP contribution in [0.15, 0.2) is 0 Å². The van der Waals surface area contributed by atoms with Gasteiger partial charge in [0.15, 0.2) is 0 Å². The van der Waals surface area contributed by atoms with Gasteiger partial charge in [0.2, 0.25) is 11.8 Å². The van der Waals surface area contributed by atoms with Crippen molar-refractivity contribution in [3.8, 4) is 0 Å². The Labute approximate surface area is 120 Å². The Balaban J connectivity index is 2.18. The van der Waals surface area contributed by atoms with E-state index in [1.54, 1.807) is 6.92 Å². The Hall–Kier alpha value is -1.31.